The van der Waals surface area contributed by atoms with Crippen LogP contribution in [-0.4, -0.2) is 59.8 Å². The second-order valence-electron chi connectivity index (χ2n) is 7.82. The molecule has 0 unspecified atom stereocenters. The SMILES string of the molecule is NC(=O)N(CCCCN1CCN(c2cccc(Cl)c2Cl)CC1)c1cc2ccc(Br)cn2n1. The molecule has 1 saturated heterocycles. The number of carbonyl (C=O) groups is 1. The third-order valence-corrected chi connectivity index (χ3v) is 6.98. The number of aromatic nitrogens is 2. The molecule has 0 bridgehead atoms. The summed E-state index contributed by atoms with van der Waals surface area (Å²) in [5.41, 5.74) is 7.54. The second kappa shape index (κ2) is 10.3. The average molecular weight is 540 g/mol. The Balaban J connectivity index is 1.26. The number of primary amides is 1. The van der Waals surface area contributed by atoms with Gasteiger partial charge in [-0.25, -0.2) is 9.31 Å². The summed E-state index contributed by atoms with van der Waals surface area (Å²) in [6.07, 6.45) is 3.68. The molecule has 0 spiro atoms. The molecule has 3 aromatic rings. The lowest BCUT2D eigenvalue weighted by Gasteiger charge is -2.36. The van der Waals surface area contributed by atoms with Crippen molar-refractivity contribution in [3.63, 3.8) is 0 Å². The molecule has 1 fully saturated rings. The van der Waals surface area contributed by atoms with Gasteiger partial charge in [-0.05, 0) is 59.6 Å². The minimum Gasteiger partial charge on any atom is -0.368 e. The molecule has 170 valence electrons. The van der Waals surface area contributed by atoms with E-state index in [0.717, 1.165) is 61.2 Å². The van der Waals surface area contributed by atoms with Crippen LogP contribution in [0.5, 0.6) is 0 Å². The van der Waals surface area contributed by atoms with Gasteiger partial charge in [-0.2, -0.15) is 0 Å². The largest absolute Gasteiger partial charge is 0.368 e. The minimum absolute atomic E-state index is 0.487. The van der Waals surface area contributed by atoms with E-state index in [4.69, 9.17) is 28.9 Å². The number of carbonyl (C=O) groups excluding carboxylic acids is 1. The number of nitrogens with two attached hydrogens (primary N) is 1. The first-order valence-corrected chi connectivity index (χ1v) is 12.1. The third kappa shape index (κ3) is 5.31. The van der Waals surface area contributed by atoms with Gasteiger partial charge in [0.15, 0.2) is 5.82 Å². The van der Waals surface area contributed by atoms with Crippen LogP contribution in [0.1, 0.15) is 12.8 Å². The van der Waals surface area contributed by atoms with Crippen molar-refractivity contribution >= 4 is 62.2 Å². The summed E-state index contributed by atoms with van der Waals surface area (Å²) in [5, 5.41) is 5.70. The fraction of sp³-hybridized carbons (Fsp3) is 0.364. The van der Waals surface area contributed by atoms with Gasteiger partial charge < -0.3 is 10.6 Å². The van der Waals surface area contributed by atoms with Gasteiger partial charge >= 0.3 is 6.03 Å². The van der Waals surface area contributed by atoms with Crippen LogP contribution in [0.2, 0.25) is 10.0 Å². The molecule has 0 saturated carbocycles. The molecule has 2 aromatic heterocycles. The van der Waals surface area contributed by atoms with Crippen LogP contribution in [0.15, 0.2) is 47.1 Å². The maximum atomic E-state index is 12.0. The van der Waals surface area contributed by atoms with Gasteiger partial charge in [0, 0.05) is 49.5 Å². The lowest BCUT2D eigenvalue weighted by molar-refractivity contribution is 0.249. The molecule has 0 radical (unpaired) electrons. The summed E-state index contributed by atoms with van der Waals surface area (Å²) in [4.78, 5) is 18.3. The van der Waals surface area contributed by atoms with Crippen LogP contribution in [0, 0.1) is 0 Å². The first-order valence-electron chi connectivity index (χ1n) is 10.6. The lowest BCUT2D eigenvalue weighted by atomic mass is 10.2. The molecule has 7 nitrogen and oxygen atoms in total. The van der Waals surface area contributed by atoms with Crippen molar-refractivity contribution in [3.8, 4) is 0 Å². The highest BCUT2D eigenvalue weighted by atomic mass is 79.9. The Kier molecular flexibility index (Phi) is 7.45. The fourth-order valence-electron chi connectivity index (χ4n) is 3.97. The van der Waals surface area contributed by atoms with Crippen molar-refractivity contribution in [2.45, 2.75) is 12.8 Å². The highest BCUT2D eigenvalue weighted by molar-refractivity contribution is 9.10. The van der Waals surface area contributed by atoms with Crippen molar-refractivity contribution < 1.29 is 4.79 Å². The quantitative estimate of drug-likeness (QED) is 0.434. The summed E-state index contributed by atoms with van der Waals surface area (Å²) in [5.74, 6) is 0.572. The summed E-state index contributed by atoms with van der Waals surface area (Å²) in [7, 11) is 0. The van der Waals surface area contributed by atoms with Gasteiger partial charge in [-0.1, -0.05) is 29.3 Å². The molecule has 4 rings (SSSR count). The summed E-state index contributed by atoms with van der Waals surface area (Å²) in [6.45, 7) is 5.25. The van der Waals surface area contributed by atoms with E-state index in [-0.39, 0.29) is 0 Å². The summed E-state index contributed by atoms with van der Waals surface area (Å²) < 4.78 is 2.66. The van der Waals surface area contributed by atoms with Gasteiger partial charge in [0.05, 0.1) is 21.2 Å². The number of urea groups is 1. The molecule has 0 aliphatic carbocycles. The number of amides is 2. The summed E-state index contributed by atoms with van der Waals surface area (Å²) in [6, 6.07) is 11.0. The molecule has 0 atom stereocenters. The number of nitrogens with zero attached hydrogens (tertiary/aromatic N) is 5. The first kappa shape index (κ1) is 23.2. The van der Waals surface area contributed by atoms with Crippen LogP contribution >= 0.6 is 39.1 Å². The predicted molar refractivity (Wildman–Crippen MR) is 134 cm³/mol. The van der Waals surface area contributed by atoms with E-state index in [1.807, 2.05) is 42.6 Å². The van der Waals surface area contributed by atoms with Crippen LogP contribution in [0.25, 0.3) is 5.52 Å². The first-order chi connectivity index (χ1) is 15.4. The zero-order valence-electron chi connectivity index (χ0n) is 17.6. The zero-order chi connectivity index (χ0) is 22.7. The predicted octanol–water partition coefficient (Wildman–Crippen LogP) is 4.89. The number of hydrogen-bond donors (Lipinski definition) is 1. The van der Waals surface area contributed by atoms with E-state index in [0.29, 0.717) is 22.4 Å². The van der Waals surface area contributed by atoms with Crippen LogP contribution in [0.3, 0.4) is 0 Å². The van der Waals surface area contributed by atoms with Crippen LogP contribution in [-0.2, 0) is 0 Å². The van der Waals surface area contributed by atoms with Gasteiger partial charge in [0.25, 0.3) is 0 Å². The third-order valence-electron chi connectivity index (χ3n) is 5.70. The van der Waals surface area contributed by atoms with Crippen molar-refractivity contribution in [2.75, 3.05) is 49.1 Å². The minimum atomic E-state index is -0.487. The molecular weight excluding hydrogens is 515 g/mol. The van der Waals surface area contributed by atoms with E-state index in [2.05, 4.69) is 30.8 Å². The number of piperazine rings is 1. The maximum absolute atomic E-state index is 12.0. The topological polar surface area (TPSA) is 70.1 Å². The van der Waals surface area contributed by atoms with E-state index in [1.54, 1.807) is 9.42 Å². The van der Waals surface area contributed by atoms with E-state index in [9.17, 15) is 4.79 Å². The molecule has 2 amide bonds. The second-order valence-corrected chi connectivity index (χ2v) is 9.52. The summed E-state index contributed by atoms with van der Waals surface area (Å²) >= 11 is 16.0. The van der Waals surface area contributed by atoms with E-state index >= 15 is 0 Å². The number of halogens is 3. The molecule has 32 heavy (non-hydrogen) atoms. The fourth-order valence-corrected chi connectivity index (χ4v) is 4.71. The Labute approximate surface area is 205 Å². The van der Waals surface area contributed by atoms with E-state index < -0.39 is 6.03 Å². The Morgan fingerprint density at radius 1 is 1.12 bits per heavy atom. The smallest absolute Gasteiger partial charge is 0.320 e. The number of benzene rings is 1. The number of anilines is 2. The van der Waals surface area contributed by atoms with Gasteiger partial charge in [0.2, 0.25) is 0 Å². The van der Waals surface area contributed by atoms with Gasteiger partial charge in [0.1, 0.15) is 0 Å². The number of fused-ring (bicyclic) bond motifs is 1. The van der Waals surface area contributed by atoms with Crippen molar-refractivity contribution in [3.05, 3.63) is 57.1 Å². The normalized spacial score (nSPS) is 14.8. The average Bonchev–Trinajstić information content (AvgIpc) is 3.18. The van der Waals surface area contributed by atoms with Crippen molar-refractivity contribution in [1.29, 1.82) is 0 Å². The molecule has 10 heteroatoms. The lowest BCUT2D eigenvalue weighted by Crippen LogP contribution is -2.46. The molecule has 3 heterocycles. The number of pyridine rings is 1. The Bertz CT molecular complexity index is 1100. The molecule has 1 aliphatic heterocycles. The highest BCUT2D eigenvalue weighted by Crippen LogP contribution is 2.32. The molecular formula is C22H25BrCl2N6O. The molecule has 1 aromatic carbocycles. The number of rotatable bonds is 7. The van der Waals surface area contributed by atoms with Crippen LogP contribution in [0.4, 0.5) is 16.3 Å². The van der Waals surface area contributed by atoms with Gasteiger partial charge in [-0.15, -0.1) is 5.10 Å². The standard InChI is InChI=1S/C22H25BrCl2N6O/c23-16-6-7-17-14-20(27-31(17)15-16)30(22(26)32)9-2-1-8-28-10-12-29(13-11-28)19-5-3-4-18(24)21(19)25/h3-7,14-15H,1-2,8-13H2,(H2,26,32). The molecule has 2 N–H and O–H groups in total. The molecule has 1 aliphatic rings. The Hall–Kier alpha value is -2.00. The van der Waals surface area contributed by atoms with Crippen LogP contribution < -0.4 is 15.5 Å². The monoisotopic (exact) mass is 538 g/mol. The van der Waals surface area contributed by atoms with Gasteiger partial charge in [-0.3, -0.25) is 9.80 Å². The van der Waals surface area contributed by atoms with Crippen molar-refractivity contribution in [1.82, 2.24) is 14.5 Å². The zero-order valence-corrected chi connectivity index (χ0v) is 20.7. The highest BCUT2D eigenvalue weighted by Gasteiger charge is 2.20. The van der Waals surface area contributed by atoms with E-state index in [1.165, 1.54) is 0 Å². The Morgan fingerprint density at radius 2 is 1.91 bits per heavy atom. The Morgan fingerprint density at radius 3 is 2.66 bits per heavy atom. The van der Waals surface area contributed by atoms with Crippen molar-refractivity contribution in [2.24, 2.45) is 5.73 Å². The number of unbranched alkanes of at least 4 members (excludes halogenated alkanes) is 1. The maximum Gasteiger partial charge on any atom is 0.320 e. The number of hydrogen-bond acceptors (Lipinski definition) is 4.